The van der Waals surface area contributed by atoms with E-state index in [1.54, 1.807) is 30.6 Å². The Hall–Kier alpha value is -3.72. The summed E-state index contributed by atoms with van der Waals surface area (Å²) in [5, 5.41) is 9.89. The average Bonchev–Trinajstić information content (AvgIpc) is 3.43. The van der Waals surface area contributed by atoms with Crippen LogP contribution in [0, 0.1) is 0 Å². The van der Waals surface area contributed by atoms with Gasteiger partial charge in [0.1, 0.15) is 5.69 Å². The summed E-state index contributed by atoms with van der Waals surface area (Å²) >= 11 is 6.13. The van der Waals surface area contributed by atoms with Crippen molar-refractivity contribution in [1.82, 2.24) is 24.3 Å². The third kappa shape index (κ3) is 4.03. The van der Waals surface area contributed by atoms with Crippen molar-refractivity contribution in [1.29, 1.82) is 0 Å². The number of nitrogens with one attached hydrogen (secondary N) is 1. The summed E-state index contributed by atoms with van der Waals surface area (Å²) in [6, 6.07) is 15.3. The van der Waals surface area contributed by atoms with E-state index in [4.69, 9.17) is 11.6 Å². The molecule has 3 aromatic heterocycles. The quantitative estimate of drug-likeness (QED) is 0.311. The van der Waals surface area contributed by atoms with Crippen LogP contribution in [-0.4, -0.2) is 43.4 Å². The maximum absolute atomic E-state index is 13.9. The lowest BCUT2D eigenvalue weighted by Gasteiger charge is -2.33. The molecule has 0 radical (unpaired) electrons. The number of rotatable bonds is 5. The Kier molecular flexibility index (Phi) is 5.72. The lowest BCUT2D eigenvalue weighted by atomic mass is 10.0. The molecule has 0 bridgehead atoms. The van der Waals surface area contributed by atoms with E-state index in [0.29, 0.717) is 35.1 Å². The molecule has 6 rings (SSSR count). The van der Waals surface area contributed by atoms with Crippen molar-refractivity contribution in [2.75, 3.05) is 23.3 Å². The SMILES string of the molecule is Cn1nc(-c2cncc(Cl)c2)c2ccc(NC3CCN(c4nc5ccccc5n4C(F)F)CC3)cc21. The second-order valence-corrected chi connectivity index (χ2v) is 9.49. The number of nitrogens with zero attached hydrogens (tertiary/aromatic N) is 6. The molecule has 36 heavy (non-hydrogen) atoms. The number of halogens is 3. The number of benzene rings is 2. The molecule has 0 spiro atoms. The highest BCUT2D eigenvalue weighted by Crippen LogP contribution is 2.32. The van der Waals surface area contributed by atoms with E-state index in [0.717, 1.165) is 45.3 Å². The highest BCUT2D eigenvalue weighted by Gasteiger charge is 2.26. The van der Waals surface area contributed by atoms with Crippen LogP contribution in [0.5, 0.6) is 0 Å². The molecule has 0 aliphatic carbocycles. The van der Waals surface area contributed by atoms with Gasteiger partial charge in [-0.15, -0.1) is 0 Å². The zero-order valence-electron chi connectivity index (χ0n) is 19.6. The lowest BCUT2D eigenvalue weighted by molar-refractivity contribution is 0.0757. The number of pyridine rings is 1. The third-order valence-electron chi connectivity index (χ3n) is 6.75. The van der Waals surface area contributed by atoms with Crippen LogP contribution in [0.15, 0.2) is 60.9 Å². The van der Waals surface area contributed by atoms with E-state index >= 15 is 0 Å². The summed E-state index contributed by atoms with van der Waals surface area (Å²) in [7, 11) is 1.92. The molecule has 5 aromatic rings. The van der Waals surface area contributed by atoms with Crippen molar-refractivity contribution >= 4 is 45.2 Å². The Morgan fingerprint density at radius 3 is 2.61 bits per heavy atom. The molecule has 0 saturated carbocycles. The van der Waals surface area contributed by atoms with Gasteiger partial charge in [-0.1, -0.05) is 23.7 Å². The monoisotopic (exact) mass is 507 g/mol. The average molecular weight is 508 g/mol. The number of fused-ring (bicyclic) bond motifs is 2. The van der Waals surface area contributed by atoms with Crippen molar-refractivity contribution in [3.63, 3.8) is 0 Å². The summed E-state index contributed by atoms with van der Waals surface area (Å²) < 4.78 is 30.6. The summed E-state index contributed by atoms with van der Waals surface area (Å²) in [5.41, 5.74) is 4.75. The molecule has 2 aromatic carbocycles. The van der Waals surface area contributed by atoms with Crippen molar-refractivity contribution in [3.05, 3.63) is 65.9 Å². The molecule has 0 amide bonds. The number of piperidine rings is 1. The first-order chi connectivity index (χ1) is 17.5. The van der Waals surface area contributed by atoms with Gasteiger partial charge in [0.2, 0.25) is 5.95 Å². The number of anilines is 2. The molecular weight excluding hydrogens is 484 g/mol. The lowest BCUT2D eigenvalue weighted by Crippen LogP contribution is -2.40. The first kappa shape index (κ1) is 22.7. The van der Waals surface area contributed by atoms with Gasteiger partial charge in [-0.3, -0.25) is 14.2 Å². The third-order valence-corrected chi connectivity index (χ3v) is 6.96. The van der Waals surface area contributed by atoms with Gasteiger partial charge in [0.25, 0.3) is 0 Å². The van der Waals surface area contributed by atoms with Crippen LogP contribution in [0.4, 0.5) is 20.4 Å². The van der Waals surface area contributed by atoms with E-state index in [1.807, 2.05) is 34.8 Å². The minimum atomic E-state index is -2.64. The van der Waals surface area contributed by atoms with Gasteiger partial charge in [0.15, 0.2) is 0 Å². The van der Waals surface area contributed by atoms with Crippen molar-refractivity contribution < 1.29 is 8.78 Å². The normalized spacial score (nSPS) is 14.9. The molecule has 1 aliphatic heterocycles. The molecule has 184 valence electrons. The Bertz CT molecular complexity index is 1550. The van der Waals surface area contributed by atoms with Crippen molar-refractivity contribution in [3.8, 4) is 11.3 Å². The fourth-order valence-corrected chi connectivity index (χ4v) is 5.18. The maximum atomic E-state index is 13.9. The molecule has 7 nitrogen and oxygen atoms in total. The number of imidazole rings is 1. The van der Waals surface area contributed by atoms with E-state index in [9.17, 15) is 8.78 Å². The number of hydrogen-bond donors (Lipinski definition) is 1. The topological polar surface area (TPSA) is 63.8 Å². The number of aromatic nitrogens is 5. The molecule has 1 saturated heterocycles. The molecular formula is C26H24ClF2N7. The van der Waals surface area contributed by atoms with E-state index in [2.05, 4.69) is 32.5 Å². The second kappa shape index (κ2) is 9.05. The predicted octanol–water partition coefficient (Wildman–Crippen LogP) is 6.11. The number of aryl methyl sites for hydroxylation is 1. The number of hydrogen-bond acceptors (Lipinski definition) is 5. The first-order valence-electron chi connectivity index (χ1n) is 11.8. The molecule has 0 atom stereocenters. The largest absolute Gasteiger partial charge is 0.382 e. The number of alkyl halides is 2. The minimum Gasteiger partial charge on any atom is -0.382 e. The van der Waals surface area contributed by atoms with Crippen LogP contribution in [0.1, 0.15) is 19.4 Å². The van der Waals surface area contributed by atoms with Gasteiger partial charge in [-0.2, -0.15) is 13.9 Å². The van der Waals surface area contributed by atoms with Crippen LogP contribution in [0.25, 0.3) is 33.2 Å². The van der Waals surface area contributed by atoms with Crippen LogP contribution in [0.2, 0.25) is 5.02 Å². The summed E-state index contributed by atoms with van der Waals surface area (Å²) in [4.78, 5) is 10.6. The van der Waals surface area contributed by atoms with Gasteiger partial charge in [-0.05, 0) is 49.2 Å². The Morgan fingerprint density at radius 1 is 1.03 bits per heavy atom. The van der Waals surface area contributed by atoms with Crippen LogP contribution >= 0.6 is 11.6 Å². The highest BCUT2D eigenvalue weighted by atomic mass is 35.5. The van der Waals surface area contributed by atoms with Gasteiger partial charge in [0, 0.05) is 55.2 Å². The van der Waals surface area contributed by atoms with Gasteiger partial charge in [-0.25, -0.2) is 4.98 Å². The second-order valence-electron chi connectivity index (χ2n) is 9.05. The van der Waals surface area contributed by atoms with E-state index < -0.39 is 6.55 Å². The minimum absolute atomic E-state index is 0.230. The van der Waals surface area contributed by atoms with Crippen molar-refractivity contribution in [2.24, 2.45) is 7.05 Å². The van der Waals surface area contributed by atoms with Crippen LogP contribution in [0.3, 0.4) is 0 Å². The van der Waals surface area contributed by atoms with Gasteiger partial charge < -0.3 is 10.2 Å². The smallest absolute Gasteiger partial charge is 0.321 e. The van der Waals surface area contributed by atoms with Gasteiger partial charge >= 0.3 is 6.55 Å². The van der Waals surface area contributed by atoms with Gasteiger partial charge in [0.05, 0.1) is 21.6 Å². The van der Waals surface area contributed by atoms with Crippen molar-refractivity contribution in [2.45, 2.75) is 25.4 Å². The number of para-hydroxylation sites is 2. The molecule has 1 aliphatic rings. The molecule has 1 fully saturated rings. The summed E-state index contributed by atoms with van der Waals surface area (Å²) in [6.45, 7) is -1.34. The van der Waals surface area contributed by atoms with E-state index in [1.165, 1.54) is 0 Å². The zero-order chi connectivity index (χ0) is 24.8. The molecule has 1 N–H and O–H groups in total. The van der Waals surface area contributed by atoms with Crippen LogP contribution < -0.4 is 10.2 Å². The standard InChI is InChI=1S/C26H24ClF2N7/c1-34-23-13-19(6-7-20(23)24(33-34)16-12-17(27)15-30-14-16)31-18-8-10-35(11-9-18)26-32-21-4-2-3-5-22(21)36(26)25(28)29/h2-7,12-15,18,25,31H,8-11H2,1H3. The Morgan fingerprint density at radius 2 is 1.83 bits per heavy atom. The molecule has 4 heterocycles. The molecule has 0 unspecified atom stereocenters. The zero-order valence-corrected chi connectivity index (χ0v) is 20.3. The summed E-state index contributed by atoms with van der Waals surface area (Å²) in [6.07, 6.45) is 4.99. The fourth-order valence-electron chi connectivity index (χ4n) is 5.01. The highest BCUT2D eigenvalue weighted by molar-refractivity contribution is 6.30. The maximum Gasteiger partial charge on any atom is 0.321 e. The Labute approximate surface area is 211 Å². The van der Waals surface area contributed by atoms with E-state index in [-0.39, 0.29) is 6.04 Å². The Balaban J connectivity index is 1.19. The van der Waals surface area contributed by atoms with Crippen LogP contribution in [-0.2, 0) is 7.05 Å². The fraction of sp³-hybridized carbons (Fsp3) is 0.269. The molecule has 10 heteroatoms. The summed E-state index contributed by atoms with van der Waals surface area (Å²) in [5.74, 6) is 0.337. The first-order valence-corrected chi connectivity index (χ1v) is 12.2. The predicted molar refractivity (Wildman–Crippen MR) is 139 cm³/mol.